The Labute approximate surface area is 194 Å². The molecule has 3 aromatic rings. The van der Waals surface area contributed by atoms with Gasteiger partial charge >= 0.3 is 12.1 Å². The Morgan fingerprint density at radius 2 is 1.76 bits per heavy atom. The van der Waals surface area contributed by atoms with Crippen LogP contribution in [0, 0.1) is 0 Å². The summed E-state index contributed by atoms with van der Waals surface area (Å²) in [5.41, 5.74) is 3.01. The van der Waals surface area contributed by atoms with Gasteiger partial charge in [0.15, 0.2) is 0 Å². The summed E-state index contributed by atoms with van der Waals surface area (Å²) in [4.78, 5) is 20.3. The molecule has 0 aliphatic carbocycles. The zero-order valence-corrected chi connectivity index (χ0v) is 19.0. The van der Waals surface area contributed by atoms with Crippen molar-refractivity contribution >= 4 is 27.0 Å². The number of nitrogens with zero attached hydrogens (tertiary/aromatic N) is 3. The molecule has 0 spiro atoms. The second-order valence-corrected chi connectivity index (χ2v) is 10.7. The van der Waals surface area contributed by atoms with Gasteiger partial charge in [0.1, 0.15) is 5.82 Å². The summed E-state index contributed by atoms with van der Waals surface area (Å²) in [6.07, 6.45) is -3.48. The van der Waals surface area contributed by atoms with Gasteiger partial charge in [0.2, 0.25) is 10.0 Å². The third-order valence-corrected chi connectivity index (χ3v) is 8.50. The maximum Gasteiger partial charge on any atom is 0.471 e. The smallest absolute Gasteiger partial charge is 0.342 e. The Kier molecular flexibility index (Phi) is 5.64. The molecular weight excluding hydrogens is 469 g/mol. The van der Waals surface area contributed by atoms with Crippen LogP contribution in [0.15, 0.2) is 47.4 Å². The monoisotopic (exact) mass is 492 g/mol. The fraction of sp³-hybridized carbons (Fsp3) is 0.391. The maximum absolute atomic E-state index is 13.3. The van der Waals surface area contributed by atoms with Crippen LogP contribution in [0.3, 0.4) is 0 Å². The molecule has 0 atom stereocenters. The van der Waals surface area contributed by atoms with Gasteiger partial charge in [0, 0.05) is 32.1 Å². The van der Waals surface area contributed by atoms with E-state index >= 15 is 0 Å². The van der Waals surface area contributed by atoms with Gasteiger partial charge in [-0.2, -0.15) is 17.5 Å². The maximum atomic E-state index is 13.3. The topological polar surface area (TPSA) is 86.4 Å². The van der Waals surface area contributed by atoms with E-state index in [-0.39, 0.29) is 30.3 Å². The molecule has 0 bridgehead atoms. The lowest BCUT2D eigenvalue weighted by atomic mass is 9.97. The highest BCUT2D eigenvalue weighted by Gasteiger charge is 2.43. The number of halogens is 3. The minimum atomic E-state index is -4.95. The number of alkyl halides is 3. The van der Waals surface area contributed by atoms with Gasteiger partial charge in [-0.25, -0.2) is 13.4 Å². The lowest BCUT2D eigenvalue weighted by Gasteiger charge is -2.32. The number of imidazole rings is 1. The van der Waals surface area contributed by atoms with Crippen molar-refractivity contribution in [2.45, 2.75) is 42.8 Å². The molecule has 180 valence electrons. The van der Waals surface area contributed by atoms with E-state index in [0.717, 1.165) is 27.3 Å². The zero-order chi connectivity index (χ0) is 24.1. The van der Waals surface area contributed by atoms with E-state index in [1.165, 1.54) is 16.4 Å². The number of aromatic amines is 1. The van der Waals surface area contributed by atoms with E-state index < -0.39 is 22.1 Å². The molecule has 3 heterocycles. The fourth-order valence-corrected chi connectivity index (χ4v) is 6.25. The number of sulfonamides is 1. The molecule has 34 heavy (non-hydrogen) atoms. The quantitative estimate of drug-likeness (QED) is 0.606. The van der Waals surface area contributed by atoms with Crippen LogP contribution in [0.5, 0.6) is 0 Å². The number of piperidine rings is 1. The van der Waals surface area contributed by atoms with Crippen molar-refractivity contribution in [3.05, 3.63) is 59.4 Å². The molecule has 0 unspecified atom stereocenters. The molecule has 1 saturated heterocycles. The number of hydrogen-bond donors (Lipinski definition) is 1. The molecule has 1 fully saturated rings. The number of carbonyl (C=O) groups excluding carboxylic acids is 1. The first kappa shape index (κ1) is 22.9. The fourth-order valence-electron chi connectivity index (χ4n) is 4.73. The minimum absolute atomic E-state index is 0.0368. The first-order valence-electron chi connectivity index (χ1n) is 11.1. The number of aromatic nitrogens is 2. The van der Waals surface area contributed by atoms with Crippen molar-refractivity contribution < 1.29 is 26.4 Å². The standard InChI is InChI=1S/C23H23F3N4O3S/c24-23(25,26)22(31)29-10-7-15-5-6-18(13-17(15)14-29)34(32,33)30-11-8-16(9-12-30)21-27-19-3-1-2-4-20(19)28-21/h1-6,13,16H,7-12,14H2,(H,27,28). The van der Waals surface area contributed by atoms with Crippen LogP contribution in [0.1, 0.15) is 35.7 Å². The molecule has 1 amide bonds. The summed E-state index contributed by atoms with van der Waals surface area (Å²) in [7, 11) is -3.81. The lowest BCUT2D eigenvalue weighted by molar-refractivity contribution is -0.186. The Morgan fingerprint density at radius 3 is 2.47 bits per heavy atom. The number of rotatable bonds is 3. The molecule has 2 aliphatic heterocycles. The van der Waals surface area contributed by atoms with Crippen LogP contribution in [-0.2, 0) is 27.8 Å². The van der Waals surface area contributed by atoms with Crippen molar-refractivity contribution in [2.75, 3.05) is 19.6 Å². The van der Waals surface area contributed by atoms with E-state index in [9.17, 15) is 26.4 Å². The normalized spacial score (nSPS) is 18.3. The van der Waals surface area contributed by atoms with Gasteiger partial charge in [-0.3, -0.25) is 4.79 Å². The number of hydrogen-bond acceptors (Lipinski definition) is 4. The van der Waals surface area contributed by atoms with E-state index in [4.69, 9.17) is 0 Å². The summed E-state index contributed by atoms with van der Waals surface area (Å²) in [6.45, 7) is 0.331. The number of carbonyl (C=O) groups is 1. The van der Waals surface area contributed by atoms with E-state index in [2.05, 4.69) is 9.97 Å². The third-order valence-electron chi connectivity index (χ3n) is 6.61. The summed E-state index contributed by atoms with van der Waals surface area (Å²) < 4.78 is 66.5. The Morgan fingerprint density at radius 1 is 1.03 bits per heavy atom. The molecule has 2 aliphatic rings. The van der Waals surface area contributed by atoms with Crippen molar-refractivity contribution in [3.8, 4) is 0 Å². The van der Waals surface area contributed by atoms with Crippen molar-refractivity contribution in [1.29, 1.82) is 0 Å². The summed E-state index contributed by atoms with van der Waals surface area (Å²) in [5, 5.41) is 0. The number of para-hydroxylation sites is 2. The molecule has 2 aromatic carbocycles. The molecule has 5 rings (SSSR count). The predicted octanol–water partition coefficient (Wildman–Crippen LogP) is 3.58. The zero-order valence-electron chi connectivity index (χ0n) is 18.2. The Balaban J connectivity index is 1.30. The number of benzene rings is 2. The second kappa shape index (κ2) is 8.38. The van der Waals surface area contributed by atoms with Crippen molar-refractivity contribution in [1.82, 2.24) is 19.2 Å². The highest BCUT2D eigenvalue weighted by atomic mass is 32.2. The molecule has 11 heteroatoms. The van der Waals surface area contributed by atoms with Crippen LogP contribution >= 0.6 is 0 Å². The summed E-state index contributed by atoms with van der Waals surface area (Å²) in [5.74, 6) is -0.940. The van der Waals surface area contributed by atoms with Crippen LogP contribution in [0.4, 0.5) is 13.2 Å². The van der Waals surface area contributed by atoms with E-state index in [1.54, 1.807) is 6.07 Å². The molecule has 0 saturated carbocycles. The highest BCUT2D eigenvalue weighted by Crippen LogP contribution is 2.32. The molecule has 1 aromatic heterocycles. The van der Waals surface area contributed by atoms with Crippen LogP contribution < -0.4 is 0 Å². The number of amides is 1. The van der Waals surface area contributed by atoms with Gasteiger partial charge < -0.3 is 9.88 Å². The minimum Gasteiger partial charge on any atom is -0.342 e. The molecule has 1 N–H and O–H groups in total. The average molecular weight is 493 g/mol. The predicted molar refractivity (Wildman–Crippen MR) is 118 cm³/mol. The van der Waals surface area contributed by atoms with Gasteiger partial charge in [-0.1, -0.05) is 18.2 Å². The SMILES string of the molecule is O=C(N1CCc2ccc(S(=O)(=O)N3CCC(c4nc5ccccc5[nH]4)CC3)cc2C1)C(F)(F)F. The average Bonchev–Trinajstić information content (AvgIpc) is 3.27. The van der Waals surface area contributed by atoms with E-state index in [1.807, 2.05) is 24.3 Å². The summed E-state index contributed by atoms with van der Waals surface area (Å²) >= 11 is 0. The van der Waals surface area contributed by atoms with Crippen molar-refractivity contribution in [3.63, 3.8) is 0 Å². The highest BCUT2D eigenvalue weighted by molar-refractivity contribution is 7.89. The lowest BCUT2D eigenvalue weighted by Crippen LogP contribution is -2.43. The van der Waals surface area contributed by atoms with Crippen molar-refractivity contribution in [2.24, 2.45) is 0 Å². The van der Waals surface area contributed by atoms with Gasteiger partial charge in [-0.05, 0) is 54.7 Å². The second-order valence-electron chi connectivity index (χ2n) is 8.72. The van der Waals surface area contributed by atoms with E-state index in [0.29, 0.717) is 31.5 Å². The molecular formula is C23H23F3N4O3S. The number of nitrogens with one attached hydrogen (secondary N) is 1. The molecule has 7 nitrogen and oxygen atoms in total. The van der Waals surface area contributed by atoms with Crippen LogP contribution in [-0.4, -0.2) is 59.3 Å². The summed E-state index contributed by atoms with van der Waals surface area (Å²) in [6, 6.07) is 12.3. The molecule has 0 radical (unpaired) electrons. The third kappa shape index (κ3) is 4.18. The first-order chi connectivity index (χ1) is 16.1. The van der Waals surface area contributed by atoms with Gasteiger partial charge in [0.25, 0.3) is 0 Å². The number of H-pyrrole nitrogens is 1. The Hall–Kier alpha value is -2.92. The van der Waals surface area contributed by atoms with Gasteiger partial charge in [-0.15, -0.1) is 0 Å². The van der Waals surface area contributed by atoms with Crippen LogP contribution in [0.25, 0.3) is 11.0 Å². The largest absolute Gasteiger partial charge is 0.471 e. The van der Waals surface area contributed by atoms with Crippen LogP contribution in [0.2, 0.25) is 0 Å². The first-order valence-corrected chi connectivity index (χ1v) is 12.5. The number of fused-ring (bicyclic) bond motifs is 2. The van der Waals surface area contributed by atoms with Gasteiger partial charge in [0.05, 0.1) is 15.9 Å². The Bertz CT molecular complexity index is 1310.